The lowest BCUT2D eigenvalue weighted by atomic mass is 10.00. The summed E-state index contributed by atoms with van der Waals surface area (Å²) in [6.45, 7) is 4.07. The standard InChI is InChI=1S/C62H121NO5/c1-3-5-7-9-11-13-15-17-19-21-22-23-24-25-26-27-28-29-30-31-32-33-34-35-36-37-38-39-40-42-44-46-48-50-52-54-56-60(66)62(68)63-58(57-64)61(67)59(65)55-53-51-49-47-45-43-41-20-18-16-14-12-10-8-6-4-2/h29-30,47,49,58-61,64-67H,3-28,31-46,48,50-57H2,1-2H3,(H,63,68)/b30-29-,49-47+. The molecule has 6 heteroatoms. The smallest absolute Gasteiger partial charge is 0.249 e. The van der Waals surface area contributed by atoms with Gasteiger partial charge in [-0.15, -0.1) is 0 Å². The SMILES string of the molecule is CCCCCCCCCCCCC/C=C/CCCC(O)C(O)C(CO)NC(=O)C(O)CCCCCCCCCCCCCCCCCC/C=C\CCCCCCCCCCCCCCCCCC. The number of amides is 1. The van der Waals surface area contributed by atoms with Crippen molar-refractivity contribution in [2.45, 2.75) is 359 Å². The third-order valence-electron chi connectivity index (χ3n) is 14.6. The van der Waals surface area contributed by atoms with Gasteiger partial charge in [-0.05, 0) is 64.2 Å². The Labute approximate surface area is 425 Å². The summed E-state index contributed by atoms with van der Waals surface area (Å²) in [5, 5.41) is 43.9. The molecule has 404 valence electrons. The lowest BCUT2D eigenvalue weighted by molar-refractivity contribution is -0.132. The number of nitrogens with one attached hydrogen (secondary N) is 1. The fourth-order valence-corrected chi connectivity index (χ4v) is 9.82. The predicted molar refractivity (Wildman–Crippen MR) is 298 cm³/mol. The molecule has 0 aliphatic heterocycles. The van der Waals surface area contributed by atoms with Gasteiger partial charge in [0.15, 0.2) is 0 Å². The maximum atomic E-state index is 12.6. The zero-order valence-corrected chi connectivity index (χ0v) is 45.9. The molecule has 0 aromatic heterocycles. The van der Waals surface area contributed by atoms with Gasteiger partial charge in [0.1, 0.15) is 12.2 Å². The van der Waals surface area contributed by atoms with Crippen LogP contribution in [0.4, 0.5) is 0 Å². The molecule has 5 N–H and O–H groups in total. The maximum absolute atomic E-state index is 12.6. The Hall–Kier alpha value is -1.21. The largest absolute Gasteiger partial charge is 0.394 e. The molecule has 68 heavy (non-hydrogen) atoms. The van der Waals surface area contributed by atoms with Crippen molar-refractivity contribution in [3.05, 3.63) is 24.3 Å². The lowest BCUT2D eigenvalue weighted by Gasteiger charge is -2.27. The van der Waals surface area contributed by atoms with Crippen molar-refractivity contribution in [2.75, 3.05) is 6.61 Å². The first-order valence-corrected chi connectivity index (χ1v) is 30.7. The molecule has 0 aromatic rings. The van der Waals surface area contributed by atoms with Gasteiger partial charge < -0.3 is 25.7 Å². The molecule has 6 nitrogen and oxygen atoms in total. The maximum Gasteiger partial charge on any atom is 0.249 e. The number of aliphatic hydroxyl groups is 4. The molecular weight excluding hydrogens is 839 g/mol. The van der Waals surface area contributed by atoms with E-state index in [1.54, 1.807) is 0 Å². The van der Waals surface area contributed by atoms with Crippen LogP contribution in [0.2, 0.25) is 0 Å². The summed E-state index contributed by atoms with van der Waals surface area (Å²) in [6.07, 6.45) is 70.0. The average Bonchev–Trinajstić information content (AvgIpc) is 3.34. The van der Waals surface area contributed by atoms with Crippen LogP contribution < -0.4 is 5.32 Å². The topological polar surface area (TPSA) is 110 Å². The van der Waals surface area contributed by atoms with Gasteiger partial charge in [0, 0.05) is 0 Å². The fourth-order valence-electron chi connectivity index (χ4n) is 9.82. The molecule has 0 aromatic carbocycles. The molecule has 1 amide bonds. The van der Waals surface area contributed by atoms with E-state index in [1.165, 1.54) is 270 Å². The first-order valence-electron chi connectivity index (χ1n) is 30.7. The molecule has 0 saturated heterocycles. The van der Waals surface area contributed by atoms with Crippen LogP contribution in [0.25, 0.3) is 0 Å². The van der Waals surface area contributed by atoms with E-state index in [-0.39, 0.29) is 0 Å². The van der Waals surface area contributed by atoms with Crippen molar-refractivity contribution in [2.24, 2.45) is 0 Å². The highest BCUT2D eigenvalue weighted by atomic mass is 16.3. The molecule has 0 spiro atoms. The van der Waals surface area contributed by atoms with Gasteiger partial charge in [-0.1, -0.05) is 295 Å². The first-order chi connectivity index (χ1) is 33.5. The molecule has 0 aliphatic rings. The van der Waals surface area contributed by atoms with Gasteiger partial charge in [0.25, 0.3) is 0 Å². The molecule has 0 bridgehead atoms. The van der Waals surface area contributed by atoms with Crippen LogP contribution in [0.15, 0.2) is 24.3 Å². The van der Waals surface area contributed by atoms with Gasteiger partial charge in [-0.2, -0.15) is 0 Å². The Balaban J connectivity index is 3.54. The molecule has 0 radical (unpaired) electrons. The number of rotatable bonds is 57. The van der Waals surface area contributed by atoms with E-state index >= 15 is 0 Å². The number of hydrogen-bond acceptors (Lipinski definition) is 5. The summed E-state index contributed by atoms with van der Waals surface area (Å²) >= 11 is 0. The summed E-state index contributed by atoms with van der Waals surface area (Å²) in [4.78, 5) is 12.6. The van der Waals surface area contributed by atoms with E-state index in [2.05, 4.69) is 43.5 Å². The van der Waals surface area contributed by atoms with E-state index in [1.807, 2.05) is 0 Å². The van der Waals surface area contributed by atoms with Gasteiger partial charge in [-0.3, -0.25) is 4.79 Å². The monoisotopic (exact) mass is 960 g/mol. The summed E-state index contributed by atoms with van der Waals surface area (Å²) < 4.78 is 0. The molecule has 4 unspecified atom stereocenters. The van der Waals surface area contributed by atoms with Crippen LogP contribution in [0.1, 0.15) is 335 Å². The van der Waals surface area contributed by atoms with Crippen LogP contribution in [0, 0.1) is 0 Å². The van der Waals surface area contributed by atoms with Crippen molar-refractivity contribution >= 4 is 5.91 Å². The molecule has 0 heterocycles. The van der Waals surface area contributed by atoms with Crippen LogP contribution in [-0.2, 0) is 4.79 Å². The van der Waals surface area contributed by atoms with Gasteiger partial charge in [-0.25, -0.2) is 0 Å². The van der Waals surface area contributed by atoms with Crippen LogP contribution in [0.5, 0.6) is 0 Å². The lowest BCUT2D eigenvalue weighted by Crippen LogP contribution is -2.53. The summed E-state index contributed by atoms with van der Waals surface area (Å²) in [5.74, 6) is -0.588. The van der Waals surface area contributed by atoms with Crippen molar-refractivity contribution in [3.8, 4) is 0 Å². The third kappa shape index (κ3) is 49.8. The zero-order valence-electron chi connectivity index (χ0n) is 45.9. The van der Waals surface area contributed by atoms with Crippen molar-refractivity contribution in [1.82, 2.24) is 5.32 Å². The van der Waals surface area contributed by atoms with Crippen LogP contribution >= 0.6 is 0 Å². The molecule has 0 fully saturated rings. The first kappa shape index (κ1) is 66.8. The predicted octanol–water partition coefficient (Wildman–Crippen LogP) is 18.2. The van der Waals surface area contributed by atoms with Gasteiger partial charge in [0.05, 0.1) is 18.8 Å². The molecule has 0 saturated carbocycles. The molecular formula is C62H121NO5. The summed E-state index contributed by atoms with van der Waals surface area (Å²) in [6, 6.07) is -1.00. The zero-order chi connectivity index (χ0) is 49.5. The van der Waals surface area contributed by atoms with Crippen molar-refractivity contribution in [1.29, 1.82) is 0 Å². The Morgan fingerprint density at radius 2 is 0.603 bits per heavy atom. The number of carbonyl (C=O) groups excluding carboxylic acids is 1. The Morgan fingerprint density at radius 3 is 0.882 bits per heavy atom. The number of hydrogen-bond donors (Lipinski definition) is 5. The second-order valence-electron chi connectivity index (χ2n) is 21.4. The van der Waals surface area contributed by atoms with Gasteiger partial charge >= 0.3 is 0 Å². The van der Waals surface area contributed by atoms with E-state index in [9.17, 15) is 25.2 Å². The van der Waals surface area contributed by atoms with Crippen molar-refractivity contribution in [3.63, 3.8) is 0 Å². The van der Waals surface area contributed by atoms with E-state index < -0.39 is 36.9 Å². The molecule has 0 rings (SSSR count). The Kier molecular flexibility index (Phi) is 55.7. The highest BCUT2D eigenvalue weighted by Crippen LogP contribution is 2.18. The fraction of sp³-hybridized carbons (Fsp3) is 0.919. The minimum atomic E-state index is -1.28. The normalized spacial score (nSPS) is 13.8. The average molecular weight is 961 g/mol. The molecule has 0 aliphatic carbocycles. The number of allylic oxidation sites excluding steroid dienone is 4. The molecule has 4 atom stereocenters. The Bertz CT molecular complexity index is 1030. The van der Waals surface area contributed by atoms with E-state index in [4.69, 9.17) is 0 Å². The van der Waals surface area contributed by atoms with Crippen LogP contribution in [0.3, 0.4) is 0 Å². The third-order valence-corrected chi connectivity index (χ3v) is 14.6. The quantitative estimate of drug-likeness (QED) is 0.0308. The van der Waals surface area contributed by atoms with E-state index in [0.29, 0.717) is 12.8 Å². The second kappa shape index (κ2) is 56.7. The summed E-state index contributed by atoms with van der Waals surface area (Å²) in [7, 11) is 0. The van der Waals surface area contributed by atoms with Gasteiger partial charge in [0.2, 0.25) is 5.91 Å². The second-order valence-corrected chi connectivity index (χ2v) is 21.4. The minimum absolute atomic E-state index is 0.366. The number of aliphatic hydroxyl groups excluding tert-OH is 4. The number of unbranched alkanes of at least 4 members (excludes halogenated alkanes) is 44. The van der Waals surface area contributed by atoms with Crippen LogP contribution in [-0.4, -0.2) is 57.3 Å². The van der Waals surface area contributed by atoms with E-state index in [0.717, 1.165) is 38.5 Å². The summed E-state index contributed by atoms with van der Waals surface area (Å²) in [5.41, 5.74) is 0. The minimum Gasteiger partial charge on any atom is -0.394 e. The highest BCUT2D eigenvalue weighted by molar-refractivity contribution is 5.80. The Morgan fingerprint density at radius 1 is 0.353 bits per heavy atom. The van der Waals surface area contributed by atoms with Crippen molar-refractivity contribution < 1.29 is 25.2 Å². The highest BCUT2D eigenvalue weighted by Gasteiger charge is 2.28. The number of carbonyl (C=O) groups is 1.